The van der Waals surface area contributed by atoms with Gasteiger partial charge in [0, 0.05) is 5.02 Å². The molecule has 0 aliphatic heterocycles. The van der Waals surface area contributed by atoms with Gasteiger partial charge in [0.25, 0.3) is 5.91 Å². The molecule has 0 bridgehead atoms. The number of anilines is 1. The Balaban J connectivity index is 1.92. The van der Waals surface area contributed by atoms with Crippen LogP contribution >= 0.6 is 11.6 Å². The topological polar surface area (TPSA) is 79.9 Å². The lowest BCUT2D eigenvalue weighted by Gasteiger charge is -2.06. The molecular formula is C11H7ClF4N4O2. The second-order valence-electron chi connectivity index (χ2n) is 3.92. The summed E-state index contributed by atoms with van der Waals surface area (Å²) in [6, 6.07) is 3.54. The van der Waals surface area contributed by atoms with Crippen LogP contribution in [0.2, 0.25) is 5.02 Å². The monoisotopic (exact) mass is 338 g/mol. The average Bonchev–Trinajstić information content (AvgIpc) is 2.86. The Kier molecular flexibility index (Phi) is 4.50. The number of H-pyrrole nitrogens is 1. The van der Waals surface area contributed by atoms with Crippen LogP contribution < -0.4 is 10.1 Å². The molecule has 22 heavy (non-hydrogen) atoms. The van der Waals surface area contributed by atoms with Gasteiger partial charge in [0.15, 0.2) is 18.2 Å². The van der Waals surface area contributed by atoms with E-state index in [1.165, 1.54) is 12.1 Å². The molecule has 0 saturated carbocycles. The number of carbonyl (C=O) groups is 1. The highest BCUT2D eigenvalue weighted by Gasteiger charge is 2.35. The van der Waals surface area contributed by atoms with Gasteiger partial charge in [-0.25, -0.2) is 4.39 Å². The van der Waals surface area contributed by atoms with E-state index in [0.29, 0.717) is 0 Å². The van der Waals surface area contributed by atoms with Crippen molar-refractivity contribution < 1.29 is 27.1 Å². The fourth-order valence-electron chi connectivity index (χ4n) is 1.34. The van der Waals surface area contributed by atoms with Crippen LogP contribution in [0, 0.1) is 5.82 Å². The summed E-state index contributed by atoms with van der Waals surface area (Å²) in [5.74, 6) is -3.80. The van der Waals surface area contributed by atoms with E-state index >= 15 is 0 Å². The van der Waals surface area contributed by atoms with E-state index in [1.807, 2.05) is 5.32 Å². The first-order chi connectivity index (χ1) is 10.3. The van der Waals surface area contributed by atoms with Crippen molar-refractivity contribution >= 4 is 23.5 Å². The average molecular weight is 339 g/mol. The number of aromatic amines is 1. The Morgan fingerprint density at radius 1 is 1.41 bits per heavy atom. The number of hydrogen-bond acceptors (Lipinski definition) is 4. The lowest BCUT2D eigenvalue weighted by Crippen LogP contribution is -2.21. The third-order valence-corrected chi connectivity index (χ3v) is 2.49. The molecule has 1 heterocycles. The molecule has 1 aromatic heterocycles. The molecule has 0 aliphatic carbocycles. The first kappa shape index (κ1) is 16.0. The Bertz CT molecular complexity index is 689. The summed E-state index contributed by atoms with van der Waals surface area (Å²) in [6.45, 7) is -0.644. The van der Waals surface area contributed by atoms with E-state index in [0.717, 1.165) is 6.07 Å². The number of hydrogen-bond donors (Lipinski definition) is 2. The van der Waals surface area contributed by atoms with Gasteiger partial charge in [0.05, 0.1) is 0 Å². The summed E-state index contributed by atoms with van der Waals surface area (Å²) in [4.78, 5) is 14.5. The number of ether oxygens (including phenoxy) is 1. The molecule has 0 saturated heterocycles. The number of halogens is 5. The van der Waals surface area contributed by atoms with Gasteiger partial charge in [-0.15, -0.1) is 5.10 Å². The van der Waals surface area contributed by atoms with Gasteiger partial charge in [-0.2, -0.15) is 18.2 Å². The SMILES string of the molecule is O=C(COc1ccc(Cl)cc1F)Nc1n[nH]c(C(F)(F)F)n1. The molecule has 0 fully saturated rings. The summed E-state index contributed by atoms with van der Waals surface area (Å²) < 4.78 is 55.0. The molecule has 0 spiro atoms. The van der Waals surface area contributed by atoms with E-state index in [4.69, 9.17) is 16.3 Å². The van der Waals surface area contributed by atoms with Gasteiger partial charge in [0.1, 0.15) is 0 Å². The number of nitrogens with one attached hydrogen (secondary N) is 2. The number of amides is 1. The van der Waals surface area contributed by atoms with Crippen LogP contribution in [0.5, 0.6) is 5.75 Å². The van der Waals surface area contributed by atoms with Crippen molar-refractivity contribution in [2.75, 3.05) is 11.9 Å². The molecule has 0 atom stereocenters. The van der Waals surface area contributed by atoms with Crippen LogP contribution in [0.25, 0.3) is 0 Å². The van der Waals surface area contributed by atoms with Crippen LogP contribution in [0.4, 0.5) is 23.5 Å². The van der Waals surface area contributed by atoms with Crippen molar-refractivity contribution in [3.8, 4) is 5.75 Å². The quantitative estimate of drug-likeness (QED) is 0.840. The Hall–Kier alpha value is -2.36. The normalized spacial score (nSPS) is 11.3. The molecule has 0 aliphatic rings. The minimum absolute atomic E-state index is 0.148. The molecule has 0 radical (unpaired) electrons. The highest BCUT2D eigenvalue weighted by Crippen LogP contribution is 2.26. The molecule has 2 N–H and O–H groups in total. The van der Waals surface area contributed by atoms with Crippen LogP contribution in [0.3, 0.4) is 0 Å². The first-order valence-corrected chi connectivity index (χ1v) is 6.01. The third kappa shape index (κ3) is 4.07. The lowest BCUT2D eigenvalue weighted by atomic mass is 10.3. The predicted octanol–water partition coefficient (Wildman–Crippen LogP) is 2.63. The maximum Gasteiger partial charge on any atom is 0.451 e. The predicted molar refractivity (Wildman–Crippen MR) is 66.9 cm³/mol. The van der Waals surface area contributed by atoms with Crippen LogP contribution in [0.15, 0.2) is 18.2 Å². The molecule has 1 amide bonds. The largest absolute Gasteiger partial charge is 0.481 e. The van der Waals surface area contributed by atoms with Crippen LogP contribution in [0.1, 0.15) is 5.82 Å². The smallest absolute Gasteiger partial charge is 0.451 e. The minimum Gasteiger partial charge on any atom is -0.481 e. The number of aromatic nitrogens is 3. The van der Waals surface area contributed by atoms with Gasteiger partial charge < -0.3 is 4.74 Å². The zero-order valence-electron chi connectivity index (χ0n) is 10.5. The van der Waals surface area contributed by atoms with E-state index in [-0.39, 0.29) is 10.8 Å². The molecular weight excluding hydrogens is 332 g/mol. The molecule has 118 valence electrons. The Labute approximate surface area is 125 Å². The Morgan fingerprint density at radius 2 is 2.14 bits per heavy atom. The van der Waals surface area contributed by atoms with Gasteiger partial charge in [-0.1, -0.05) is 11.6 Å². The van der Waals surface area contributed by atoms with Gasteiger partial charge in [0.2, 0.25) is 11.8 Å². The van der Waals surface area contributed by atoms with E-state index in [9.17, 15) is 22.4 Å². The van der Waals surface area contributed by atoms with Gasteiger partial charge in [-0.05, 0) is 18.2 Å². The summed E-state index contributed by atoms with van der Waals surface area (Å²) in [7, 11) is 0. The Morgan fingerprint density at radius 3 is 2.73 bits per heavy atom. The zero-order chi connectivity index (χ0) is 16.3. The van der Waals surface area contributed by atoms with E-state index < -0.39 is 36.3 Å². The second kappa shape index (κ2) is 6.18. The molecule has 0 unspecified atom stereocenters. The number of alkyl halides is 3. The fraction of sp³-hybridized carbons (Fsp3) is 0.182. The maximum atomic E-state index is 13.4. The maximum absolute atomic E-state index is 13.4. The zero-order valence-corrected chi connectivity index (χ0v) is 11.3. The summed E-state index contributed by atoms with van der Waals surface area (Å²) >= 11 is 5.54. The molecule has 1 aromatic carbocycles. The first-order valence-electron chi connectivity index (χ1n) is 5.63. The summed E-state index contributed by atoms with van der Waals surface area (Å²) in [5, 5.41) is 6.91. The van der Waals surface area contributed by atoms with Crippen molar-refractivity contribution in [3.05, 3.63) is 34.9 Å². The standard InChI is InChI=1S/C11H7ClF4N4O2/c12-5-1-2-7(6(13)3-5)22-4-8(21)17-10-18-9(19-20-10)11(14,15)16/h1-3H,4H2,(H2,17,18,19,20,21). The van der Waals surface area contributed by atoms with E-state index in [1.54, 1.807) is 5.10 Å². The summed E-state index contributed by atoms with van der Waals surface area (Å²) in [6.07, 6.45) is -4.71. The third-order valence-electron chi connectivity index (χ3n) is 2.26. The number of nitrogens with zero attached hydrogens (tertiary/aromatic N) is 2. The van der Waals surface area contributed by atoms with Crippen molar-refractivity contribution in [2.24, 2.45) is 0 Å². The van der Waals surface area contributed by atoms with Crippen molar-refractivity contribution in [1.29, 1.82) is 0 Å². The van der Waals surface area contributed by atoms with Crippen molar-refractivity contribution in [1.82, 2.24) is 15.2 Å². The van der Waals surface area contributed by atoms with Gasteiger partial charge in [-0.3, -0.25) is 15.2 Å². The molecule has 6 nitrogen and oxygen atoms in total. The fourth-order valence-corrected chi connectivity index (χ4v) is 1.50. The van der Waals surface area contributed by atoms with Crippen molar-refractivity contribution in [2.45, 2.75) is 6.18 Å². The highest BCUT2D eigenvalue weighted by molar-refractivity contribution is 6.30. The summed E-state index contributed by atoms with van der Waals surface area (Å²) in [5.41, 5.74) is 0. The molecule has 11 heteroatoms. The lowest BCUT2D eigenvalue weighted by molar-refractivity contribution is -0.144. The number of carbonyl (C=O) groups excluding carboxylic acids is 1. The number of benzene rings is 1. The van der Waals surface area contributed by atoms with Crippen LogP contribution in [-0.4, -0.2) is 27.7 Å². The van der Waals surface area contributed by atoms with E-state index in [2.05, 4.69) is 10.1 Å². The van der Waals surface area contributed by atoms with Crippen molar-refractivity contribution in [3.63, 3.8) is 0 Å². The number of rotatable bonds is 4. The highest BCUT2D eigenvalue weighted by atomic mass is 35.5. The van der Waals surface area contributed by atoms with Gasteiger partial charge >= 0.3 is 6.18 Å². The second-order valence-corrected chi connectivity index (χ2v) is 4.35. The van der Waals surface area contributed by atoms with Crippen LogP contribution in [-0.2, 0) is 11.0 Å². The minimum atomic E-state index is -4.71. The molecule has 2 aromatic rings. The molecule has 2 rings (SSSR count).